The fourth-order valence-electron chi connectivity index (χ4n) is 2.63. The van der Waals surface area contributed by atoms with Crippen LogP contribution in [0.25, 0.3) is 0 Å². The maximum absolute atomic E-state index is 11.9. The third-order valence-corrected chi connectivity index (χ3v) is 3.78. The minimum atomic E-state index is -0.160. The number of rotatable bonds is 8. The normalized spacial score (nSPS) is 14.3. The quantitative estimate of drug-likeness (QED) is 0.721. The number of ether oxygens (including phenoxy) is 1. The number of urea groups is 1. The number of carbonyl (C=O) groups excluding carboxylic acids is 1. The Kier molecular flexibility index (Phi) is 7.20. The Morgan fingerprint density at radius 1 is 1.30 bits per heavy atom. The maximum Gasteiger partial charge on any atom is 0.319 e. The zero-order chi connectivity index (χ0) is 16.5. The summed E-state index contributed by atoms with van der Waals surface area (Å²) in [4.78, 5) is 14.3. The van der Waals surface area contributed by atoms with Crippen molar-refractivity contribution in [2.24, 2.45) is 5.92 Å². The molecule has 1 heterocycles. The van der Waals surface area contributed by atoms with Crippen molar-refractivity contribution in [2.75, 3.05) is 43.1 Å². The van der Waals surface area contributed by atoms with E-state index in [0.717, 1.165) is 31.8 Å². The average molecular weight is 319 g/mol. The van der Waals surface area contributed by atoms with Crippen LogP contribution in [0.4, 0.5) is 16.2 Å². The van der Waals surface area contributed by atoms with Gasteiger partial charge in [0, 0.05) is 44.2 Å². The summed E-state index contributed by atoms with van der Waals surface area (Å²) >= 11 is 0. The van der Waals surface area contributed by atoms with Gasteiger partial charge in [-0.1, -0.05) is 19.9 Å². The van der Waals surface area contributed by atoms with E-state index in [1.54, 1.807) is 0 Å². The SMILES string of the molecule is CC(C)COCCCNC(=O)Nc1cccc(N2CCCC2)c1. The maximum atomic E-state index is 11.9. The number of amides is 2. The highest BCUT2D eigenvalue weighted by atomic mass is 16.5. The van der Waals surface area contributed by atoms with Crippen molar-refractivity contribution in [2.45, 2.75) is 33.1 Å². The molecule has 2 rings (SSSR count). The highest BCUT2D eigenvalue weighted by Gasteiger charge is 2.12. The van der Waals surface area contributed by atoms with Gasteiger partial charge in [0.15, 0.2) is 0 Å². The second kappa shape index (κ2) is 9.40. The van der Waals surface area contributed by atoms with Crippen LogP contribution in [0.1, 0.15) is 33.1 Å². The predicted octanol–water partition coefficient (Wildman–Crippen LogP) is 3.47. The second-order valence-electron chi connectivity index (χ2n) is 6.45. The van der Waals surface area contributed by atoms with Crippen molar-refractivity contribution in [3.63, 3.8) is 0 Å². The van der Waals surface area contributed by atoms with Crippen molar-refractivity contribution in [1.29, 1.82) is 0 Å². The van der Waals surface area contributed by atoms with Gasteiger partial charge in [-0.15, -0.1) is 0 Å². The van der Waals surface area contributed by atoms with E-state index in [0.29, 0.717) is 19.1 Å². The Labute approximate surface area is 139 Å². The van der Waals surface area contributed by atoms with Crippen LogP contribution in [-0.2, 0) is 4.74 Å². The minimum absolute atomic E-state index is 0.160. The van der Waals surface area contributed by atoms with Gasteiger partial charge in [0.25, 0.3) is 0 Å². The number of hydrogen-bond donors (Lipinski definition) is 2. The van der Waals surface area contributed by atoms with E-state index in [-0.39, 0.29) is 6.03 Å². The van der Waals surface area contributed by atoms with E-state index in [4.69, 9.17) is 4.74 Å². The molecule has 5 heteroatoms. The van der Waals surface area contributed by atoms with Gasteiger partial charge in [-0.25, -0.2) is 4.79 Å². The molecule has 23 heavy (non-hydrogen) atoms. The molecule has 128 valence electrons. The van der Waals surface area contributed by atoms with Crippen molar-refractivity contribution < 1.29 is 9.53 Å². The third-order valence-electron chi connectivity index (χ3n) is 3.78. The van der Waals surface area contributed by atoms with Crippen LogP contribution in [0.5, 0.6) is 0 Å². The molecule has 1 aliphatic rings. The van der Waals surface area contributed by atoms with Crippen LogP contribution in [0.15, 0.2) is 24.3 Å². The van der Waals surface area contributed by atoms with E-state index >= 15 is 0 Å². The first-order valence-corrected chi connectivity index (χ1v) is 8.63. The number of anilines is 2. The molecule has 1 aromatic carbocycles. The van der Waals surface area contributed by atoms with Crippen LogP contribution in [-0.4, -0.2) is 38.9 Å². The van der Waals surface area contributed by atoms with E-state index in [2.05, 4.69) is 35.4 Å². The summed E-state index contributed by atoms with van der Waals surface area (Å²) < 4.78 is 5.49. The first-order chi connectivity index (χ1) is 11.1. The van der Waals surface area contributed by atoms with Gasteiger partial charge in [-0.05, 0) is 43.4 Å². The molecule has 0 unspecified atom stereocenters. The number of hydrogen-bond acceptors (Lipinski definition) is 3. The molecule has 0 radical (unpaired) electrons. The lowest BCUT2D eigenvalue weighted by atomic mass is 10.2. The highest BCUT2D eigenvalue weighted by molar-refractivity contribution is 5.89. The Morgan fingerprint density at radius 3 is 2.83 bits per heavy atom. The van der Waals surface area contributed by atoms with Crippen molar-refractivity contribution in [3.8, 4) is 0 Å². The van der Waals surface area contributed by atoms with E-state index in [9.17, 15) is 4.79 Å². The molecule has 0 spiro atoms. The fourth-order valence-corrected chi connectivity index (χ4v) is 2.63. The molecule has 1 fully saturated rings. The van der Waals surface area contributed by atoms with Crippen molar-refractivity contribution in [3.05, 3.63) is 24.3 Å². The van der Waals surface area contributed by atoms with Gasteiger partial charge < -0.3 is 20.3 Å². The molecule has 2 N–H and O–H groups in total. The van der Waals surface area contributed by atoms with Crippen LogP contribution in [0.3, 0.4) is 0 Å². The Hall–Kier alpha value is -1.75. The predicted molar refractivity (Wildman–Crippen MR) is 95.2 cm³/mol. The van der Waals surface area contributed by atoms with Crippen LogP contribution >= 0.6 is 0 Å². The largest absolute Gasteiger partial charge is 0.381 e. The lowest BCUT2D eigenvalue weighted by Crippen LogP contribution is -2.30. The molecule has 0 atom stereocenters. The summed E-state index contributed by atoms with van der Waals surface area (Å²) in [6.07, 6.45) is 3.32. The standard InChI is InChI=1S/C18H29N3O2/c1-15(2)14-23-12-6-9-19-18(22)20-16-7-5-8-17(13-16)21-10-3-4-11-21/h5,7-8,13,15H,3-4,6,9-12,14H2,1-2H3,(H2,19,20,22). The number of nitrogens with one attached hydrogen (secondary N) is 2. The Balaban J connectivity index is 1.67. The Morgan fingerprint density at radius 2 is 2.09 bits per heavy atom. The molecule has 2 amide bonds. The third kappa shape index (κ3) is 6.48. The lowest BCUT2D eigenvalue weighted by molar-refractivity contribution is 0.108. The van der Waals surface area contributed by atoms with Gasteiger partial charge in [0.2, 0.25) is 0 Å². The van der Waals surface area contributed by atoms with Crippen molar-refractivity contribution in [1.82, 2.24) is 5.32 Å². The molecular weight excluding hydrogens is 290 g/mol. The summed E-state index contributed by atoms with van der Waals surface area (Å²) in [7, 11) is 0. The first-order valence-electron chi connectivity index (χ1n) is 8.63. The zero-order valence-electron chi connectivity index (χ0n) is 14.3. The van der Waals surface area contributed by atoms with Gasteiger partial charge in [-0.2, -0.15) is 0 Å². The minimum Gasteiger partial charge on any atom is -0.381 e. The summed E-state index contributed by atoms with van der Waals surface area (Å²) in [5.74, 6) is 0.550. The van der Waals surface area contributed by atoms with E-state index < -0.39 is 0 Å². The molecule has 0 aliphatic carbocycles. The lowest BCUT2D eigenvalue weighted by Gasteiger charge is -2.18. The average Bonchev–Trinajstić information content (AvgIpc) is 3.05. The fraction of sp³-hybridized carbons (Fsp3) is 0.611. The molecule has 5 nitrogen and oxygen atoms in total. The second-order valence-corrected chi connectivity index (χ2v) is 6.45. The summed E-state index contributed by atoms with van der Waals surface area (Å²) in [5, 5.41) is 5.76. The first kappa shape index (κ1) is 17.6. The summed E-state index contributed by atoms with van der Waals surface area (Å²) in [6.45, 7) is 8.54. The molecule has 1 saturated heterocycles. The summed E-state index contributed by atoms with van der Waals surface area (Å²) in [6, 6.07) is 7.89. The van der Waals surface area contributed by atoms with Gasteiger partial charge in [0.1, 0.15) is 0 Å². The monoisotopic (exact) mass is 319 g/mol. The molecule has 0 bridgehead atoms. The zero-order valence-corrected chi connectivity index (χ0v) is 14.3. The van der Waals surface area contributed by atoms with Crippen LogP contribution in [0.2, 0.25) is 0 Å². The van der Waals surface area contributed by atoms with Gasteiger partial charge >= 0.3 is 6.03 Å². The van der Waals surface area contributed by atoms with Crippen LogP contribution in [0, 0.1) is 5.92 Å². The van der Waals surface area contributed by atoms with E-state index in [1.807, 2.05) is 18.2 Å². The molecule has 0 saturated carbocycles. The topological polar surface area (TPSA) is 53.6 Å². The van der Waals surface area contributed by atoms with Gasteiger partial charge in [-0.3, -0.25) is 0 Å². The van der Waals surface area contributed by atoms with Crippen molar-refractivity contribution >= 4 is 17.4 Å². The van der Waals surface area contributed by atoms with Crippen LogP contribution < -0.4 is 15.5 Å². The van der Waals surface area contributed by atoms with E-state index in [1.165, 1.54) is 18.5 Å². The highest BCUT2D eigenvalue weighted by Crippen LogP contribution is 2.23. The van der Waals surface area contributed by atoms with Gasteiger partial charge in [0.05, 0.1) is 0 Å². The number of carbonyl (C=O) groups is 1. The Bertz CT molecular complexity index is 485. The summed E-state index contributed by atoms with van der Waals surface area (Å²) in [5.41, 5.74) is 2.02. The molecule has 0 aromatic heterocycles. The number of benzene rings is 1. The molecule has 1 aromatic rings. The molecular formula is C18H29N3O2. The molecule has 1 aliphatic heterocycles. The number of nitrogens with zero attached hydrogens (tertiary/aromatic N) is 1. The smallest absolute Gasteiger partial charge is 0.319 e.